The van der Waals surface area contributed by atoms with Crippen LogP contribution in [0.2, 0.25) is 0 Å². The van der Waals surface area contributed by atoms with Crippen LogP contribution in [-0.2, 0) is 11.3 Å². The van der Waals surface area contributed by atoms with E-state index in [1.807, 2.05) is 19.9 Å². The van der Waals surface area contributed by atoms with Gasteiger partial charge in [0.15, 0.2) is 0 Å². The van der Waals surface area contributed by atoms with Crippen molar-refractivity contribution in [2.45, 2.75) is 78.9 Å². The Hall–Kier alpha value is -1.99. The molecule has 38 heavy (non-hydrogen) atoms. The topological polar surface area (TPSA) is 45.1 Å². The van der Waals surface area contributed by atoms with Crippen molar-refractivity contribution >= 4 is 40.3 Å². The van der Waals surface area contributed by atoms with Gasteiger partial charge in [-0.25, -0.2) is 0 Å². The quantitative estimate of drug-likeness (QED) is 0.123. The zero-order chi connectivity index (χ0) is 28.0. The molecule has 1 aliphatic carbocycles. The summed E-state index contributed by atoms with van der Waals surface area (Å²) in [4.78, 5) is 7.51. The van der Waals surface area contributed by atoms with Crippen molar-refractivity contribution in [2.24, 2.45) is 16.8 Å². The van der Waals surface area contributed by atoms with Gasteiger partial charge in [0.05, 0.1) is 0 Å². The molecule has 2 fully saturated rings. The van der Waals surface area contributed by atoms with Crippen LogP contribution < -0.4 is 4.90 Å². The Balaban J connectivity index is 1.97. The van der Waals surface area contributed by atoms with E-state index in [0.717, 1.165) is 47.3 Å². The second-order valence-electron chi connectivity index (χ2n) is 10.7. The summed E-state index contributed by atoms with van der Waals surface area (Å²) in [5.41, 5.74) is 4.55. The number of hydrogen-bond donors (Lipinski definition) is 1. The molecule has 0 unspecified atom stereocenters. The normalized spacial score (nSPS) is 18.6. The summed E-state index contributed by atoms with van der Waals surface area (Å²) < 4.78 is 21.1. The van der Waals surface area contributed by atoms with Crippen molar-refractivity contribution in [3.63, 3.8) is 0 Å². The van der Waals surface area contributed by atoms with Gasteiger partial charge >= 0.3 is 238 Å². The fourth-order valence-corrected chi connectivity index (χ4v) is 5.53. The molecule has 3 rings (SSSR count). The first-order valence-electron chi connectivity index (χ1n) is 13.8. The Labute approximate surface area is 238 Å². The number of benzene rings is 1. The van der Waals surface area contributed by atoms with Gasteiger partial charge in [-0.1, -0.05) is 0 Å². The predicted octanol–water partition coefficient (Wildman–Crippen LogP) is 7.10. The number of aliphatic hydroxyl groups is 1. The molecule has 1 aliphatic heterocycles. The van der Waals surface area contributed by atoms with Crippen LogP contribution in [-0.4, -0.2) is 49.0 Å². The minimum absolute atomic E-state index is 0.283. The van der Waals surface area contributed by atoms with Crippen LogP contribution >= 0.6 is 15.9 Å². The van der Waals surface area contributed by atoms with Gasteiger partial charge in [-0.15, -0.1) is 0 Å². The SMILES string of the molecule is [B]=C(C)C1(N=C(CC)/C(=C/C=C(/OCC)C(C)C)C(=C)C2CC2)CCN(c2cc(Br)cc(F)c2CO)CC1. The van der Waals surface area contributed by atoms with Gasteiger partial charge in [0.25, 0.3) is 0 Å². The third-order valence-corrected chi connectivity index (χ3v) is 8.12. The van der Waals surface area contributed by atoms with Crippen LogP contribution in [0.15, 0.2) is 57.2 Å². The van der Waals surface area contributed by atoms with Crippen molar-refractivity contribution in [1.29, 1.82) is 0 Å². The average Bonchev–Trinajstić information content (AvgIpc) is 3.72. The van der Waals surface area contributed by atoms with E-state index in [-0.39, 0.29) is 12.5 Å². The van der Waals surface area contributed by atoms with Crippen LogP contribution in [0.4, 0.5) is 10.1 Å². The molecule has 0 aromatic heterocycles. The Kier molecular flexibility index (Phi) is 10.8. The number of allylic oxidation sites excluding steroid dienone is 5. The molecule has 1 radical (unpaired) electrons. The second-order valence-corrected chi connectivity index (χ2v) is 11.6. The number of aliphatic hydroxyl groups excluding tert-OH is 1. The minimum atomic E-state index is -0.515. The summed E-state index contributed by atoms with van der Waals surface area (Å²) in [6.45, 7) is 16.4. The van der Waals surface area contributed by atoms with Crippen LogP contribution in [0.1, 0.15) is 72.3 Å². The van der Waals surface area contributed by atoms with Gasteiger partial charge < -0.3 is 0 Å². The van der Waals surface area contributed by atoms with Crippen molar-refractivity contribution in [3.05, 3.63) is 63.6 Å². The summed E-state index contributed by atoms with van der Waals surface area (Å²) in [7, 11) is 6.55. The molecule has 1 N–H and O–H groups in total. The molecule has 0 amide bonds. The number of hydrogen-bond acceptors (Lipinski definition) is 4. The Morgan fingerprint density at radius 1 is 1.29 bits per heavy atom. The molecule has 7 heteroatoms. The van der Waals surface area contributed by atoms with E-state index in [1.165, 1.54) is 6.07 Å². The van der Waals surface area contributed by atoms with Gasteiger partial charge in [-0.05, 0) is 0 Å². The molecule has 1 saturated heterocycles. The molecular weight excluding hydrogens is 542 g/mol. The van der Waals surface area contributed by atoms with Crippen molar-refractivity contribution in [2.75, 3.05) is 24.6 Å². The number of ether oxygens (including phenoxy) is 1. The monoisotopic (exact) mass is 583 g/mol. The average molecular weight is 584 g/mol. The van der Waals surface area contributed by atoms with E-state index in [0.29, 0.717) is 54.2 Å². The Morgan fingerprint density at radius 2 is 1.95 bits per heavy atom. The maximum atomic E-state index is 14.5. The summed E-state index contributed by atoms with van der Waals surface area (Å²) in [5, 5.41) is 9.83. The summed E-state index contributed by atoms with van der Waals surface area (Å²) >= 11 is 3.40. The predicted molar refractivity (Wildman–Crippen MR) is 163 cm³/mol. The molecule has 1 heterocycles. The molecule has 0 spiro atoms. The zero-order valence-corrected chi connectivity index (χ0v) is 25.2. The van der Waals surface area contributed by atoms with E-state index < -0.39 is 11.4 Å². The van der Waals surface area contributed by atoms with E-state index in [2.05, 4.69) is 60.3 Å². The molecule has 0 atom stereocenters. The van der Waals surface area contributed by atoms with Crippen LogP contribution in [0, 0.1) is 17.7 Å². The van der Waals surface area contributed by atoms with E-state index >= 15 is 0 Å². The molecule has 1 aromatic carbocycles. The fourth-order valence-electron chi connectivity index (χ4n) is 5.11. The van der Waals surface area contributed by atoms with E-state index in [9.17, 15) is 9.50 Å². The van der Waals surface area contributed by atoms with Gasteiger partial charge in [0, 0.05) is 0 Å². The number of halogens is 2. The van der Waals surface area contributed by atoms with Crippen LogP contribution in [0.25, 0.3) is 0 Å². The number of nitrogens with zero attached hydrogens (tertiary/aromatic N) is 2. The molecule has 4 nitrogen and oxygen atoms in total. The Bertz CT molecular complexity index is 1130. The van der Waals surface area contributed by atoms with Gasteiger partial charge in [0.2, 0.25) is 0 Å². The molecule has 2 aliphatic rings. The Morgan fingerprint density at radius 3 is 2.45 bits per heavy atom. The number of piperidine rings is 1. The molecule has 205 valence electrons. The first kappa shape index (κ1) is 30.6. The third kappa shape index (κ3) is 7.15. The van der Waals surface area contributed by atoms with Gasteiger partial charge in [0.1, 0.15) is 0 Å². The van der Waals surface area contributed by atoms with E-state index in [1.54, 1.807) is 0 Å². The zero-order valence-electron chi connectivity index (χ0n) is 23.6. The third-order valence-electron chi connectivity index (χ3n) is 7.67. The van der Waals surface area contributed by atoms with Gasteiger partial charge in [-0.3, -0.25) is 0 Å². The summed E-state index contributed by atoms with van der Waals surface area (Å²) in [5.74, 6) is 1.33. The van der Waals surface area contributed by atoms with Crippen molar-refractivity contribution in [3.8, 4) is 0 Å². The van der Waals surface area contributed by atoms with E-state index in [4.69, 9.17) is 17.2 Å². The van der Waals surface area contributed by atoms with Crippen LogP contribution in [0.5, 0.6) is 0 Å². The fraction of sp³-hybridized carbons (Fsp3) is 0.548. The standard InChI is InChI=1S/C31H42BBrFN2O2/c1-7-28(25(21(5)23-9-10-23)11-12-30(20(3)4)38-8-2)35-31(22(6)32)13-15-36(16-14-31)29-18-24(33)17-27(34)26(29)19-37/h11-12,17-18,20,23,37H,5,7-10,13-16,19H2,1-4,6H3/b25-11+,30-12+,35-28?. The molecule has 1 aromatic rings. The first-order chi connectivity index (χ1) is 18.1. The number of aliphatic imine (C=N–C) groups is 1. The molecule has 1 saturated carbocycles. The molecular formula is C31H42BBrFN2O2. The number of rotatable bonds is 12. The second kappa shape index (κ2) is 13.4. The molecule has 0 bridgehead atoms. The van der Waals surface area contributed by atoms with Gasteiger partial charge in [-0.2, -0.15) is 0 Å². The summed E-state index contributed by atoms with van der Waals surface area (Å²) in [6, 6.07) is 3.27. The first-order valence-corrected chi connectivity index (χ1v) is 14.6. The van der Waals surface area contributed by atoms with Crippen molar-refractivity contribution in [1.82, 2.24) is 0 Å². The number of anilines is 1. The maximum absolute atomic E-state index is 14.5. The summed E-state index contributed by atoms with van der Waals surface area (Å²) in [6.07, 6.45) is 8.71. The van der Waals surface area contributed by atoms with Crippen molar-refractivity contribution < 1.29 is 14.2 Å². The van der Waals surface area contributed by atoms with Crippen LogP contribution in [0.3, 0.4) is 0 Å².